The molecule has 0 saturated carbocycles. The zero-order chi connectivity index (χ0) is 28.6. The lowest BCUT2D eigenvalue weighted by Crippen LogP contribution is -2.54. The summed E-state index contributed by atoms with van der Waals surface area (Å²) in [6.07, 6.45) is 0.990. The second-order valence-electron chi connectivity index (χ2n) is 10.8. The van der Waals surface area contributed by atoms with Gasteiger partial charge in [-0.05, 0) is 48.1 Å². The number of anilines is 1. The minimum atomic E-state index is -0.873. The highest BCUT2D eigenvalue weighted by atomic mass is 32.2. The summed E-state index contributed by atoms with van der Waals surface area (Å²) in [5.41, 5.74) is 1.82. The molecular weight excluding hydrogens is 504 g/mol. The summed E-state index contributed by atoms with van der Waals surface area (Å²) in [6.45, 7) is 13.3. The highest BCUT2D eigenvalue weighted by Gasteiger charge is 2.39. The first-order chi connectivity index (χ1) is 17.8. The van der Waals surface area contributed by atoms with E-state index >= 15 is 0 Å². The van der Waals surface area contributed by atoms with Crippen molar-refractivity contribution in [2.75, 3.05) is 11.9 Å². The molecule has 9 nitrogen and oxygen atoms in total. The Bertz CT molecular complexity index is 1010. The Hall–Kier alpha value is -2.88. The van der Waals surface area contributed by atoms with Crippen LogP contribution in [0.4, 0.5) is 5.69 Å². The van der Waals surface area contributed by atoms with E-state index < -0.39 is 29.1 Å². The topological polar surface area (TPSA) is 125 Å². The molecule has 1 aromatic carbocycles. The molecule has 1 aromatic rings. The van der Waals surface area contributed by atoms with Gasteiger partial charge in [0.15, 0.2) is 0 Å². The normalized spacial score (nSPS) is 17.2. The van der Waals surface area contributed by atoms with Gasteiger partial charge in [0.05, 0.1) is 5.25 Å². The Kier molecular flexibility index (Phi) is 11.8. The molecule has 210 valence electrons. The Labute approximate surface area is 230 Å². The van der Waals surface area contributed by atoms with Gasteiger partial charge in [0.25, 0.3) is 0 Å². The van der Waals surface area contributed by atoms with Crippen molar-refractivity contribution in [3.8, 4) is 0 Å². The summed E-state index contributed by atoms with van der Waals surface area (Å²) >= 11 is 1.44. The third kappa shape index (κ3) is 9.45. The molecule has 0 spiro atoms. The van der Waals surface area contributed by atoms with Gasteiger partial charge in [-0.25, -0.2) is 0 Å². The second kappa shape index (κ2) is 14.3. The second-order valence-corrected chi connectivity index (χ2v) is 12.6. The number of amides is 5. The Balaban J connectivity index is 1.88. The van der Waals surface area contributed by atoms with Crippen LogP contribution in [0, 0.1) is 11.8 Å². The van der Waals surface area contributed by atoms with Gasteiger partial charge < -0.3 is 16.0 Å². The van der Waals surface area contributed by atoms with Crippen molar-refractivity contribution in [3.05, 3.63) is 29.8 Å². The molecule has 0 radical (unpaired) electrons. The number of likely N-dealkylation sites (tertiary alicyclic amines) is 1. The van der Waals surface area contributed by atoms with Crippen LogP contribution < -0.4 is 16.0 Å². The van der Waals surface area contributed by atoms with Crippen LogP contribution in [0.5, 0.6) is 0 Å². The fourth-order valence-corrected chi connectivity index (χ4v) is 5.27. The number of imide groups is 1. The first kappa shape index (κ1) is 31.3. The molecule has 3 N–H and O–H groups in total. The maximum absolute atomic E-state index is 12.9. The molecule has 3 atom stereocenters. The number of carbonyl (C=O) groups excluding carboxylic acids is 5. The summed E-state index contributed by atoms with van der Waals surface area (Å²) in [6, 6.07) is 5.90. The van der Waals surface area contributed by atoms with E-state index in [4.69, 9.17) is 0 Å². The quantitative estimate of drug-likeness (QED) is 0.327. The molecular formula is C28H42N4O5S. The van der Waals surface area contributed by atoms with Crippen molar-refractivity contribution < 1.29 is 24.0 Å². The van der Waals surface area contributed by atoms with Crippen LogP contribution in [0.25, 0.3) is 0 Å². The van der Waals surface area contributed by atoms with E-state index in [9.17, 15) is 24.0 Å². The van der Waals surface area contributed by atoms with E-state index in [1.54, 1.807) is 20.8 Å². The first-order valence-corrected chi connectivity index (χ1v) is 14.2. The molecule has 1 fully saturated rings. The maximum Gasteiger partial charge on any atom is 0.246 e. The van der Waals surface area contributed by atoms with Gasteiger partial charge in [-0.2, -0.15) is 0 Å². The van der Waals surface area contributed by atoms with Crippen molar-refractivity contribution in [1.82, 2.24) is 15.5 Å². The zero-order valence-electron chi connectivity index (χ0n) is 23.5. The third-order valence-corrected chi connectivity index (χ3v) is 7.33. The van der Waals surface area contributed by atoms with Gasteiger partial charge in [-0.3, -0.25) is 28.9 Å². The van der Waals surface area contributed by atoms with E-state index in [0.717, 1.165) is 11.3 Å². The van der Waals surface area contributed by atoms with Gasteiger partial charge >= 0.3 is 0 Å². The minimum absolute atomic E-state index is 0.0279. The number of benzene rings is 1. The van der Waals surface area contributed by atoms with Gasteiger partial charge in [0.2, 0.25) is 29.5 Å². The molecule has 2 unspecified atom stereocenters. The monoisotopic (exact) mass is 546 g/mol. The Morgan fingerprint density at radius 1 is 0.947 bits per heavy atom. The minimum Gasteiger partial charge on any atom is -0.344 e. The molecule has 10 heteroatoms. The van der Waals surface area contributed by atoms with Crippen LogP contribution in [0.2, 0.25) is 0 Å². The lowest BCUT2D eigenvalue weighted by atomic mass is 10.0. The highest BCUT2D eigenvalue weighted by Crippen LogP contribution is 2.28. The lowest BCUT2D eigenvalue weighted by molar-refractivity contribution is -0.139. The standard InChI is InChI=1S/C28H42N4O5S/c1-16(2)14-20-8-10-21(11-9-20)30-26(35)19(7)29-27(36)25(17(3)4)31-23(33)12-13-32-24(34)15-22(28(32)37)38-18(5)6/h8-11,16-19,22,25H,12-15H2,1-7H3,(H,29,36)(H,30,35)(H,31,33)/t19-,22?,25?/m0/s1. The van der Waals surface area contributed by atoms with Crippen LogP contribution in [0.1, 0.15) is 66.9 Å². The van der Waals surface area contributed by atoms with Gasteiger partial charge in [-0.1, -0.05) is 53.7 Å². The van der Waals surface area contributed by atoms with E-state index in [1.807, 2.05) is 38.1 Å². The van der Waals surface area contributed by atoms with Crippen molar-refractivity contribution in [3.63, 3.8) is 0 Å². The first-order valence-electron chi connectivity index (χ1n) is 13.3. The van der Waals surface area contributed by atoms with Crippen LogP contribution in [0.15, 0.2) is 24.3 Å². The number of hydrogen-bond donors (Lipinski definition) is 3. The predicted molar refractivity (Wildman–Crippen MR) is 150 cm³/mol. The van der Waals surface area contributed by atoms with E-state index in [-0.39, 0.29) is 48.3 Å². The van der Waals surface area contributed by atoms with Crippen LogP contribution >= 0.6 is 11.8 Å². The molecule has 1 heterocycles. The molecule has 1 aliphatic heterocycles. The predicted octanol–water partition coefficient (Wildman–Crippen LogP) is 3.13. The molecule has 0 bridgehead atoms. The van der Waals surface area contributed by atoms with Gasteiger partial charge in [0.1, 0.15) is 12.1 Å². The Morgan fingerprint density at radius 3 is 2.13 bits per heavy atom. The smallest absolute Gasteiger partial charge is 0.246 e. The fourth-order valence-electron chi connectivity index (χ4n) is 4.13. The van der Waals surface area contributed by atoms with Crippen LogP contribution in [-0.2, 0) is 30.4 Å². The van der Waals surface area contributed by atoms with E-state index in [2.05, 4.69) is 29.8 Å². The summed E-state index contributed by atoms with van der Waals surface area (Å²) in [7, 11) is 0. The summed E-state index contributed by atoms with van der Waals surface area (Å²) in [4.78, 5) is 64.1. The van der Waals surface area contributed by atoms with Crippen molar-refractivity contribution >= 4 is 47.0 Å². The van der Waals surface area contributed by atoms with Crippen LogP contribution in [0.3, 0.4) is 0 Å². The number of thioether (sulfide) groups is 1. The number of nitrogens with one attached hydrogen (secondary N) is 3. The van der Waals surface area contributed by atoms with Crippen molar-refractivity contribution in [2.45, 2.75) is 90.3 Å². The van der Waals surface area contributed by atoms with Crippen molar-refractivity contribution in [2.24, 2.45) is 11.8 Å². The molecule has 2 rings (SSSR count). The summed E-state index contributed by atoms with van der Waals surface area (Å²) < 4.78 is 0. The molecule has 0 aromatic heterocycles. The third-order valence-electron chi connectivity index (χ3n) is 6.08. The van der Waals surface area contributed by atoms with E-state index in [1.165, 1.54) is 17.3 Å². The van der Waals surface area contributed by atoms with Crippen LogP contribution in [-0.4, -0.2) is 63.6 Å². The largest absolute Gasteiger partial charge is 0.344 e. The fraction of sp³-hybridized carbons (Fsp3) is 0.607. The van der Waals surface area contributed by atoms with E-state index in [0.29, 0.717) is 11.6 Å². The average molecular weight is 547 g/mol. The number of carbonyl (C=O) groups is 5. The zero-order valence-corrected chi connectivity index (χ0v) is 24.3. The number of hydrogen-bond acceptors (Lipinski definition) is 6. The molecule has 1 saturated heterocycles. The SMILES string of the molecule is CC(C)Cc1ccc(NC(=O)[C@H](C)NC(=O)C(NC(=O)CCN2C(=O)CC(SC(C)C)C2=O)C(C)C)cc1. The van der Waals surface area contributed by atoms with Gasteiger partial charge in [0, 0.05) is 25.1 Å². The number of rotatable bonds is 13. The molecule has 5 amide bonds. The number of nitrogens with zero attached hydrogens (tertiary/aromatic N) is 1. The van der Waals surface area contributed by atoms with Crippen molar-refractivity contribution in [1.29, 1.82) is 0 Å². The Morgan fingerprint density at radius 2 is 1.58 bits per heavy atom. The summed E-state index contributed by atoms with van der Waals surface area (Å²) in [5.74, 6) is -1.56. The summed E-state index contributed by atoms with van der Waals surface area (Å²) in [5, 5.41) is 7.96. The lowest BCUT2D eigenvalue weighted by Gasteiger charge is -2.24. The molecule has 1 aliphatic rings. The highest BCUT2D eigenvalue weighted by molar-refractivity contribution is 8.01. The molecule has 0 aliphatic carbocycles. The average Bonchev–Trinajstić information content (AvgIpc) is 3.08. The maximum atomic E-state index is 12.9. The van der Waals surface area contributed by atoms with Gasteiger partial charge in [-0.15, -0.1) is 11.8 Å². The molecule has 38 heavy (non-hydrogen) atoms.